The molecule has 19 heavy (non-hydrogen) atoms. The number of ether oxygens (including phenoxy) is 1. The van der Waals surface area contributed by atoms with Gasteiger partial charge in [-0.1, -0.05) is 0 Å². The quantitative estimate of drug-likeness (QED) is 0.847. The molecule has 0 atom stereocenters. The monoisotopic (exact) mass is 263 g/mol. The van der Waals surface area contributed by atoms with Crippen LogP contribution in [0.15, 0.2) is 12.1 Å². The highest BCUT2D eigenvalue weighted by atomic mass is 16.5. The van der Waals surface area contributed by atoms with Crippen molar-refractivity contribution in [1.29, 1.82) is 0 Å². The van der Waals surface area contributed by atoms with Crippen LogP contribution >= 0.6 is 0 Å². The van der Waals surface area contributed by atoms with Crippen LogP contribution in [0.2, 0.25) is 0 Å². The topological polar surface area (TPSA) is 75.6 Å². The molecular weight excluding hydrogens is 246 g/mol. The van der Waals surface area contributed by atoms with E-state index < -0.39 is 5.97 Å². The molecular formula is C14H17NO4. The lowest BCUT2D eigenvalue weighted by Crippen LogP contribution is -2.30. The van der Waals surface area contributed by atoms with E-state index in [9.17, 15) is 9.59 Å². The fraction of sp³-hybridized carbons (Fsp3) is 0.429. The van der Waals surface area contributed by atoms with Crippen LogP contribution in [-0.2, 0) is 4.79 Å². The van der Waals surface area contributed by atoms with Gasteiger partial charge < -0.3 is 15.2 Å². The Bertz CT molecular complexity index is 497. The van der Waals surface area contributed by atoms with E-state index >= 15 is 0 Å². The molecule has 1 saturated carbocycles. The highest BCUT2D eigenvalue weighted by molar-refractivity contribution is 5.88. The molecule has 0 saturated heterocycles. The van der Waals surface area contributed by atoms with E-state index in [4.69, 9.17) is 9.84 Å². The van der Waals surface area contributed by atoms with Crippen molar-refractivity contribution < 1.29 is 19.4 Å². The number of hydrogen-bond acceptors (Lipinski definition) is 3. The summed E-state index contributed by atoms with van der Waals surface area (Å²) in [6.07, 6.45) is 2.08. The number of aromatic carboxylic acids is 1. The number of benzene rings is 1. The second-order valence-electron chi connectivity index (χ2n) is 4.87. The van der Waals surface area contributed by atoms with Gasteiger partial charge in [0.25, 0.3) is 5.91 Å². The highest BCUT2D eigenvalue weighted by Gasteiger charge is 2.23. The minimum Gasteiger partial charge on any atom is -0.483 e. The summed E-state index contributed by atoms with van der Waals surface area (Å²) in [4.78, 5) is 22.4. The molecule has 1 fully saturated rings. The third-order valence-electron chi connectivity index (χ3n) is 3.00. The SMILES string of the molecule is Cc1cc(C(=O)O)cc(C)c1OCC(=O)NC1CC1. The zero-order valence-corrected chi connectivity index (χ0v) is 11.0. The van der Waals surface area contributed by atoms with Crippen LogP contribution in [0, 0.1) is 13.8 Å². The lowest BCUT2D eigenvalue weighted by atomic mass is 10.1. The normalized spacial score (nSPS) is 14.0. The molecule has 2 rings (SSSR count). The van der Waals surface area contributed by atoms with Crippen molar-refractivity contribution in [2.24, 2.45) is 0 Å². The fourth-order valence-electron chi connectivity index (χ4n) is 1.94. The average Bonchev–Trinajstić information content (AvgIpc) is 3.11. The summed E-state index contributed by atoms with van der Waals surface area (Å²) in [5.41, 5.74) is 1.66. The number of hydrogen-bond donors (Lipinski definition) is 2. The minimum atomic E-state index is -0.968. The van der Waals surface area contributed by atoms with Gasteiger partial charge in [-0.15, -0.1) is 0 Å². The van der Waals surface area contributed by atoms with Gasteiger partial charge >= 0.3 is 5.97 Å². The first-order chi connectivity index (χ1) is 8.97. The lowest BCUT2D eigenvalue weighted by Gasteiger charge is -2.13. The summed E-state index contributed by atoms with van der Waals surface area (Å²) in [5.74, 6) is -0.524. The predicted octanol–water partition coefficient (Wildman–Crippen LogP) is 1.66. The molecule has 5 heteroatoms. The molecule has 102 valence electrons. The van der Waals surface area contributed by atoms with E-state index in [1.807, 2.05) is 0 Å². The molecule has 5 nitrogen and oxygen atoms in total. The molecule has 0 aliphatic heterocycles. The van der Waals surface area contributed by atoms with Gasteiger partial charge in [-0.25, -0.2) is 4.79 Å². The van der Waals surface area contributed by atoms with E-state index in [1.54, 1.807) is 26.0 Å². The van der Waals surface area contributed by atoms with Gasteiger partial charge in [0, 0.05) is 6.04 Å². The van der Waals surface area contributed by atoms with Crippen molar-refractivity contribution >= 4 is 11.9 Å². The second kappa shape index (κ2) is 5.30. The lowest BCUT2D eigenvalue weighted by molar-refractivity contribution is -0.123. The molecule has 1 aromatic carbocycles. The largest absolute Gasteiger partial charge is 0.483 e. The number of carbonyl (C=O) groups excluding carboxylic acids is 1. The minimum absolute atomic E-state index is 0.0371. The zero-order chi connectivity index (χ0) is 14.0. The van der Waals surface area contributed by atoms with Crippen molar-refractivity contribution in [3.05, 3.63) is 28.8 Å². The number of nitrogens with one attached hydrogen (secondary N) is 1. The fourth-order valence-corrected chi connectivity index (χ4v) is 1.94. The summed E-state index contributed by atoms with van der Waals surface area (Å²) in [6, 6.07) is 3.40. The van der Waals surface area contributed by atoms with Gasteiger partial charge in [0.15, 0.2) is 6.61 Å². The highest BCUT2D eigenvalue weighted by Crippen LogP contribution is 2.25. The van der Waals surface area contributed by atoms with Crippen LogP contribution in [0.5, 0.6) is 5.75 Å². The number of rotatable bonds is 5. The first-order valence-corrected chi connectivity index (χ1v) is 6.24. The third-order valence-corrected chi connectivity index (χ3v) is 3.00. The first-order valence-electron chi connectivity index (χ1n) is 6.24. The molecule has 1 aliphatic carbocycles. The maximum Gasteiger partial charge on any atom is 0.335 e. The summed E-state index contributed by atoms with van der Waals surface area (Å²) in [5, 5.41) is 11.8. The van der Waals surface area contributed by atoms with Crippen molar-refractivity contribution in [2.75, 3.05) is 6.61 Å². The Balaban J connectivity index is 2.03. The molecule has 0 spiro atoms. The van der Waals surface area contributed by atoms with Crippen LogP contribution in [0.25, 0.3) is 0 Å². The van der Waals surface area contributed by atoms with E-state index in [0.29, 0.717) is 11.8 Å². The maximum absolute atomic E-state index is 11.5. The van der Waals surface area contributed by atoms with Crippen LogP contribution in [0.1, 0.15) is 34.3 Å². The van der Waals surface area contributed by atoms with Crippen LogP contribution in [-0.4, -0.2) is 29.6 Å². The first kappa shape index (κ1) is 13.4. The number of carbonyl (C=O) groups is 2. The Morgan fingerprint density at radius 1 is 1.32 bits per heavy atom. The predicted molar refractivity (Wildman–Crippen MR) is 69.5 cm³/mol. The number of aryl methyl sites for hydroxylation is 2. The molecule has 2 N–H and O–H groups in total. The van der Waals surface area contributed by atoms with Gasteiger partial charge in [-0.05, 0) is 49.9 Å². The van der Waals surface area contributed by atoms with E-state index in [1.165, 1.54) is 0 Å². The molecule has 0 heterocycles. The van der Waals surface area contributed by atoms with Gasteiger partial charge in [0.1, 0.15) is 5.75 Å². The Morgan fingerprint density at radius 2 is 1.89 bits per heavy atom. The van der Waals surface area contributed by atoms with Gasteiger partial charge in [0.2, 0.25) is 0 Å². The Hall–Kier alpha value is -2.04. The van der Waals surface area contributed by atoms with Gasteiger partial charge in [-0.3, -0.25) is 4.79 Å². The Kier molecular flexibility index (Phi) is 3.74. The van der Waals surface area contributed by atoms with Gasteiger partial charge in [0.05, 0.1) is 5.56 Å². The van der Waals surface area contributed by atoms with Crippen molar-refractivity contribution in [3.8, 4) is 5.75 Å². The molecule has 1 aromatic rings. The van der Waals surface area contributed by atoms with E-state index in [0.717, 1.165) is 24.0 Å². The van der Waals surface area contributed by atoms with Crippen LogP contribution in [0.4, 0.5) is 0 Å². The van der Waals surface area contributed by atoms with Crippen molar-refractivity contribution in [1.82, 2.24) is 5.32 Å². The smallest absolute Gasteiger partial charge is 0.335 e. The van der Waals surface area contributed by atoms with E-state index in [2.05, 4.69) is 5.32 Å². The molecule has 0 bridgehead atoms. The molecule has 1 aliphatic rings. The zero-order valence-electron chi connectivity index (χ0n) is 11.0. The van der Waals surface area contributed by atoms with Crippen molar-refractivity contribution in [3.63, 3.8) is 0 Å². The van der Waals surface area contributed by atoms with E-state index in [-0.39, 0.29) is 18.1 Å². The Labute approximate surface area is 111 Å². The Morgan fingerprint density at radius 3 is 2.37 bits per heavy atom. The van der Waals surface area contributed by atoms with Crippen LogP contribution in [0.3, 0.4) is 0 Å². The summed E-state index contributed by atoms with van der Waals surface area (Å²) < 4.78 is 5.49. The molecule has 0 radical (unpaired) electrons. The molecule has 0 unspecified atom stereocenters. The second-order valence-corrected chi connectivity index (χ2v) is 4.87. The van der Waals surface area contributed by atoms with Crippen molar-refractivity contribution in [2.45, 2.75) is 32.7 Å². The molecule has 1 amide bonds. The van der Waals surface area contributed by atoms with Crippen LogP contribution < -0.4 is 10.1 Å². The number of amides is 1. The summed E-state index contributed by atoms with van der Waals surface area (Å²) >= 11 is 0. The summed E-state index contributed by atoms with van der Waals surface area (Å²) in [7, 11) is 0. The maximum atomic E-state index is 11.5. The van der Waals surface area contributed by atoms with Gasteiger partial charge in [-0.2, -0.15) is 0 Å². The summed E-state index contributed by atoms with van der Waals surface area (Å²) in [6.45, 7) is 3.51. The molecule has 0 aromatic heterocycles. The average molecular weight is 263 g/mol. The number of carboxylic acids is 1. The number of carboxylic acid groups (broad SMARTS) is 1. The standard InChI is InChI=1S/C14H17NO4/c1-8-5-10(14(17)18)6-9(2)13(8)19-7-12(16)15-11-3-4-11/h5-6,11H,3-4,7H2,1-2H3,(H,15,16)(H,17,18). The third kappa shape index (κ3) is 3.47.